The molecular weight excluding hydrogens is 240 g/mol. The third-order valence-corrected chi connectivity index (χ3v) is 5.24. The summed E-state index contributed by atoms with van der Waals surface area (Å²) in [4.78, 5) is 0. The van der Waals surface area contributed by atoms with Crippen molar-refractivity contribution < 1.29 is 8.42 Å². The van der Waals surface area contributed by atoms with E-state index in [0.29, 0.717) is 6.42 Å². The number of aryl methyl sites for hydroxylation is 1. The fraction of sp³-hybridized carbons (Fsp3) is 0.700. The van der Waals surface area contributed by atoms with Gasteiger partial charge in [0.25, 0.3) is 10.0 Å². The summed E-state index contributed by atoms with van der Waals surface area (Å²) in [6, 6.07) is 1.41. The van der Waals surface area contributed by atoms with Gasteiger partial charge in [0.15, 0.2) is 5.03 Å². The Hall–Kier alpha value is -0.920. The van der Waals surface area contributed by atoms with Crippen molar-refractivity contribution in [2.45, 2.75) is 37.4 Å². The van der Waals surface area contributed by atoms with Crippen molar-refractivity contribution in [2.75, 3.05) is 0 Å². The number of hydrogen-bond acceptors (Lipinski definition) is 4. The third kappa shape index (κ3) is 1.98. The van der Waals surface area contributed by atoms with E-state index in [1.54, 1.807) is 7.05 Å². The van der Waals surface area contributed by atoms with Gasteiger partial charge in [0.05, 0.1) is 6.20 Å². The molecule has 0 aromatic carbocycles. The lowest BCUT2D eigenvalue weighted by Gasteiger charge is -2.50. The van der Waals surface area contributed by atoms with Crippen molar-refractivity contribution in [3.63, 3.8) is 0 Å². The average Bonchev–Trinajstić information content (AvgIpc) is 2.64. The van der Waals surface area contributed by atoms with Crippen molar-refractivity contribution in [3.8, 4) is 0 Å². The van der Waals surface area contributed by atoms with Crippen LogP contribution in [0.4, 0.5) is 0 Å². The number of nitrogens with one attached hydrogen (secondary N) is 1. The molecule has 17 heavy (non-hydrogen) atoms. The summed E-state index contributed by atoms with van der Waals surface area (Å²) >= 11 is 0. The Morgan fingerprint density at radius 3 is 2.65 bits per heavy atom. The van der Waals surface area contributed by atoms with Gasteiger partial charge < -0.3 is 5.73 Å². The second kappa shape index (κ2) is 3.79. The first-order valence-corrected chi connectivity index (χ1v) is 6.99. The molecule has 7 heteroatoms. The van der Waals surface area contributed by atoms with Crippen LogP contribution in [0.3, 0.4) is 0 Å². The highest BCUT2D eigenvalue weighted by atomic mass is 32.2. The van der Waals surface area contributed by atoms with Crippen molar-refractivity contribution in [1.29, 1.82) is 0 Å². The molecule has 1 heterocycles. The molecule has 96 valence electrons. The van der Waals surface area contributed by atoms with E-state index in [-0.39, 0.29) is 22.5 Å². The fourth-order valence-electron chi connectivity index (χ4n) is 2.03. The molecule has 0 radical (unpaired) electrons. The predicted octanol–water partition coefficient (Wildman–Crippen LogP) is -0.176. The van der Waals surface area contributed by atoms with Crippen LogP contribution in [-0.4, -0.2) is 30.3 Å². The van der Waals surface area contributed by atoms with E-state index in [1.165, 1.54) is 16.9 Å². The third-order valence-electron chi connectivity index (χ3n) is 3.69. The maximum Gasteiger partial charge on any atom is 0.257 e. The Morgan fingerprint density at radius 2 is 2.24 bits per heavy atom. The molecule has 2 rings (SSSR count). The van der Waals surface area contributed by atoms with E-state index in [4.69, 9.17) is 5.73 Å². The zero-order valence-corrected chi connectivity index (χ0v) is 11.0. The van der Waals surface area contributed by atoms with E-state index in [0.717, 1.165) is 0 Å². The van der Waals surface area contributed by atoms with E-state index < -0.39 is 10.0 Å². The highest BCUT2D eigenvalue weighted by Gasteiger charge is 2.47. The predicted molar refractivity (Wildman–Crippen MR) is 63.7 cm³/mol. The molecule has 1 aromatic rings. The topological polar surface area (TPSA) is 90.0 Å². The maximum atomic E-state index is 12.1. The largest absolute Gasteiger partial charge is 0.327 e. The van der Waals surface area contributed by atoms with Crippen LogP contribution in [-0.2, 0) is 17.1 Å². The minimum Gasteiger partial charge on any atom is -0.327 e. The first-order valence-electron chi connectivity index (χ1n) is 5.51. The summed E-state index contributed by atoms with van der Waals surface area (Å²) in [5.74, 6) is 0. The Morgan fingerprint density at radius 1 is 1.59 bits per heavy atom. The highest BCUT2D eigenvalue weighted by Crippen LogP contribution is 2.39. The van der Waals surface area contributed by atoms with E-state index >= 15 is 0 Å². The summed E-state index contributed by atoms with van der Waals surface area (Å²) in [6.45, 7) is 3.94. The number of aromatic nitrogens is 2. The molecule has 3 N–H and O–H groups in total. The van der Waals surface area contributed by atoms with Crippen LogP contribution in [0, 0.1) is 5.41 Å². The smallest absolute Gasteiger partial charge is 0.257 e. The Kier molecular flexibility index (Phi) is 2.80. The molecule has 2 unspecified atom stereocenters. The van der Waals surface area contributed by atoms with E-state index in [2.05, 4.69) is 9.82 Å². The summed E-state index contributed by atoms with van der Waals surface area (Å²) in [6.07, 6.45) is 2.14. The average molecular weight is 258 g/mol. The van der Waals surface area contributed by atoms with Crippen LogP contribution in [0.5, 0.6) is 0 Å². The number of hydrogen-bond donors (Lipinski definition) is 2. The summed E-state index contributed by atoms with van der Waals surface area (Å²) in [5, 5.41) is 4.03. The minimum absolute atomic E-state index is 0.0433. The molecule has 2 atom stereocenters. The van der Waals surface area contributed by atoms with Crippen LogP contribution in [0.2, 0.25) is 0 Å². The van der Waals surface area contributed by atoms with E-state index in [9.17, 15) is 8.42 Å². The van der Waals surface area contributed by atoms with Crippen LogP contribution in [0.15, 0.2) is 17.3 Å². The van der Waals surface area contributed by atoms with Crippen molar-refractivity contribution in [3.05, 3.63) is 12.3 Å². The number of rotatable bonds is 3. The molecular formula is C10H18N4O2S. The number of nitrogens with two attached hydrogens (primary N) is 1. The van der Waals surface area contributed by atoms with Gasteiger partial charge in [-0.25, -0.2) is 13.1 Å². The van der Waals surface area contributed by atoms with Gasteiger partial charge in [-0.15, -0.1) is 0 Å². The van der Waals surface area contributed by atoms with Gasteiger partial charge in [-0.1, -0.05) is 13.8 Å². The zero-order chi connectivity index (χ0) is 12.8. The summed E-state index contributed by atoms with van der Waals surface area (Å²) < 4.78 is 28.2. The lowest BCUT2D eigenvalue weighted by atomic mass is 9.64. The zero-order valence-electron chi connectivity index (χ0n) is 10.2. The van der Waals surface area contributed by atoms with Crippen LogP contribution < -0.4 is 10.5 Å². The Labute approximate surface area is 101 Å². The molecule has 0 bridgehead atoms. The molecule has 0 amide bonds. The monoisotopic (exact) mass is 258 g/mol. The van der Waals surface area contributed by atoms with Crippen LogP contribution in [0.1, 0.15) is 20.3 Å². The quantitative estimate of drug-likeness (QED) is 0.787. The minimum atomic E-state index is -3.51. The van der Waals surface area contributed by atoms with E-state index in [1.807, 2.05) is 13.8 Å². The first-order chi connectivity index (χ1) is 7.75. The van der Waals surface area contributed by atoms with Crippen LogP contribution >= 0.6 is 0 Å². The molecule has 1 aliphatic carbocycles. The fourth-order valence-corrected chi connectivity index (χ4v) is 3.56. The van der Waals surface area contributed by atoms with Crippen molar-refractivity contribution in [2.24, 2.45) is 18.2 Å². The van der Waals surface area contributed by atoms with Crippen molar-refractivity contribution >= 4 is 10.0 Å². The maximum absolute atomic E-state index is 12.1. The Bertz CT molecular complexity index is 520. The molecule has 0 spiro atoms. The molecule has 1 aromatic heterocycles. The van der Waals surface area contributed by atoms with Gasteiger partial charge in [-0.2, -0.15) is 5.10 Å². The molecule has 0 saturated heterocycles. The summed E-state index contributed by atoms with van der Waals surface area (Å²) in [5.41, 5.74) is 5.66. The Balaban J connectivity index is 2.18. The molecule has 1 fully saturated rings. The lowest BCUT2D eigenvalue weighted by molar-refractivity contribution is 0.0902. The molecule has 0 aliphatic heterocycles. The number of nitrogens with zero attached hydrogens (tertiary/aromatic N) is 2. The normalized spacial score (nSPS) is 27.8. The summed E-state index contributed by atoms with van der Waals surface area (Å²) in [7, 11) is -1.90. The van der Waals surface area contributed by atoms with Gasteiger partial charge in [0.1, 0.15) is 0 Å². The standard InChI is InChI=1S/C10H18N4O2S/c1-10(2)7(11)6-8(10)13-17(15,16)9-4-5-12-14(9)3/h4-5,7-8,13H,6,11H2,1-3H3. The van der Waals surface area contributed by atoms with Gasteiger partial charge in [0.2, 0.25) is 0 Å². The second-order valence-electron chi connectivity index (χ2n) is 5.13. The van der Waals surface area contributed by atoms with Gasteiger partial charge in [-0.3, -0.25) is 4.68 Å². The first kappa shape index (κ1) is 12.5. The molecule has 6 nitrogen and oxygen atoms in total. The van der Waals surface area contributed by atoms with Crippen LogP contribution in [0.25, 0.3) is 0 Å². The SMILES string of the molecule is Cn1nccc1S(=O)(=O)NC1CC(N)C1(C)C. The van der Waals surface area contributed by atoms with Gasteiger partial charge in [-0.05, 0) is 17.9 Å². The van der Waals surface area contributed by atoms with Crippen molar-refractivity contribution in [1.82, 2.24) is 14.5 Å². The molecule has 1 aliphatic rings. The van der Waals surface area contributed by atoms with Gasteiger partial charge in [0, 0.05) is 19.1 Å². The second-order valence-corrected chi connectivity index (χ2v) is 6.79. The lowest BCUT2D eigenvalue weighted by Crippen LogP contribution is -2.64. The van der Waals surface area contributed by atoms with Gasteiger partial charge >= 0.3 is 0 Å². The highest BCUT2D eigenvalue weighted by molar-refractivity contribution is 7.89. The number of sulfonamides is 1. The molecule has 1 saturated carbocycles.